The van der Waals surface area contributed by atoms with Crippen molar-refractivity contribution in [2.75, 3.05) is 0 Å². The number of esters is 1. The van der Waals surface area contributed by atoms with Crippen LogP contribution in [-0.2, 0) is 22.6 Å². The second kappa shape index (κ2) is 8.14. The van der Waals surface area contributed by atoms with E-state index in [-0.39, 0.29) is 12.6 Å². The van der Waals surface area contributed by atoms with Crippen LogP contribution in [0.5, 0.6) is 0 Å². The summed E-state index contributed by atoms with van der Waals surface area (Å²) in [6, 6.07) is 17.7. The number of aryl methyl sites for hydroxylation is 1. The van der Waals surface area contributed by atoms with Crippen LogP contribution in [0.25, 0.3) is 21.5 Å². The van der Waals surface area contributed by atoms with Crippen molar-refractivity contribution in [3.05, 3.63) is 71.7 Å². The highest BCUT2D eigenvalue weighted by Crippen LogP contribution is 2.23. The van der Waals surface area contributed by atoms with E-state index >= 15 is 0 Å². The van der Waals surface area contributed by atoms with Crippen LogP contribution in [0.4, 0.5) is 0 Å². The van der Waals surface area contributed by atoms with E-state index in [1.165, 1.54) is 4.70 Å². The van der Waals surface area contributed by atoms with Gasteiger partial charge in [-0.2, -0.15) is 0 Å². The number of aromatic nitrogens is 2. The predicted molar refractivity (Wildman–Crippen MR) is 104 cm³/mol. The number of rotatable bonds is 7. The Balaban J connectivity index is 1.23. The van der Waals surface area contributed by atoms with Crippen LogP contribution in [0.15, 0.2) is 65.2 Å². The number of fused-ring (bicyclic) bond motifs is 1. The van der Waals surface area contributed by atoms with E-state index in [2.05, 4.69) is 16.0 Å². The van der Waals surface area contributed by atoms with Crippen LogP contribution in [0, 0.1) is 0 Å². The number of nitrogens with zero attached hydrogens (tertiary/aromatic N) is 2. The molecular formula is C21H18N2O3S. The molecule has 2 aromatic heterocycles. The molecule has 0 saturated heterocycles. The first-order valence-corrected chi connectivity index (χ1v) is 9.60. The van der Waals surface area contributed by atoms with Gasteiger partial charge in [-0.15, -0.1) is 11.3 Å². The fourth-order valence-corrected chi connectivity index (χ4v) is 3.75. The smallest absolute Gasteiger partial charge is 0.306 e. The van der Waals surface area contributed by atoms with Gasteiger partial charge in [-0.3, -0.25) is 4.79 Å². The van der Waals surface area contributed by atoms with E-state index in [0.29, 0.717) is 24.5 Å². The Hall–Kier alpha value is -2.99. The topological polar surface area (TPSA) is 65.2 Å². The molecule has 0 aliphatic carbocycles. The highest BCUT2D eigenvalue weighted by molar-refractivity contribution is 7.18. The van der Waals surface area contributed by atoms with Crippen LogP contribution in [0.3, 0.4) is 0 Å². The molecule has 0 aliphatic heterocycles. The first kappa shape index (κ1) is 17.4. The molecule has 4 aromatic rings. The summed E-state index contributed by atoms with van der Waals surface area (Å²) in [5.41, 5.74) is 1.96. The zero-order valence-corrected chi connectivity index (χ0v) is 15.4. The van der Waals surface area contributed by atoms with E-state index in [9.17, 15) is 4.79 Å². The minimum Gasteiger partial charge on any atom is -0.456 e. The van der Waals surface area contributed by atoms with Crippen molar-refractivity contribution in [2.24, 2.45) is 0 Å². The zero-order chi connectivity index (χ0) is 18.5. The van der Waals surface area contributed by atoms with Gasteiger partial charge in [0.2, 0.25) is 5.89 Å². The summed E-state index contributed by atoms with van der Waals surface area (Å²) >= 11 is 1.67. The van der Waals surface area contributed by atoms with E-state index in [4.69, 9.17) is 9.15 Å². The fraction of sp³-hybridized carbons (Fsp3) is 0.190. The fourth-order valence-electron chi connectivity index (χ4n) is 2.74. The lowest BCUT2D eigenvalue weighted by Gasteiger charge is -2.01. The van der Waals surface area contributed by atoms with Gasteiger partial charge >= 0.3 is 5.97 Å². The summed E-state index contributed by atoms with van der Waals surface area (Å²) in [6.07, 6.45) is 3.47. The zero-order valence-electron chi connectivity index (χ0n) is 14.6. The monoisotopic (exact) mass is 378 g/mol. The Kier molecular flexibility index (Phi) is 5.25. The second-order valence-corrected chi connectivity index (χ2v) is 7.19. The lowest BCUT2D eigenvalue weighted by Crippen LogP contribution is -2.05. The Morgan fingerprint density at radius 2 is 1.89 bits per heavy atom. The number of oxazole rings is 1. The maximum absolute atomic E-state index is 11.9. The molecule has 27 heavy (non-hydrogen) atoms. The average Bonchev–Trinajstić information content (AvgIpc) is 3.34. The Labute approximate surface area is 160 Å². The molecule has 0 spiro atoms. The van der Waals surface area contributed by atoms with Crippen molar-refractivity contribution in [1.82, 2.24) is 9.97 Å². The van der Waals surface area contributed by atoms with Crippen molar-refractivity contribution >= 4 is 27.5 Å². The summed E-state index contributed by atoms with van der Waals surface area (Å²) in [6.45, 7) is 0.0484. The highest BCUT2D eigenvalue weighted by Gasteiger charge is 2.10. The molecule has 0 bridgehead atoms. The molecule has 2 heterocycles. The molecule has 2 aromatic carbocycles. The summed E-state index contributed by atoms with van der Waals surface area (Å²) in [5.74, 6) is 0.807. The van der Waals surface area contributed by atoms with Crippen LogP contribution < -0.4 is 0 Å². The number of ether oxygens (including phenoxy) is 1. The Morgan fingerprint density at radius 1 is 1.07 bits per heavy atom. The molecule has 0 N–H and O–H groups in total. The molecule has 0 unspecified atom stereocenters. The van der Waals surface area contributed by atoms with Crippen molar-refractivity contribution in [3.8, 4) is 11.3 Å². The third kappa shape index (κ3) is 4.41. The number of thiazole rings is 1. The predicted octanol–water partition coefficient (Wildman–Crippen LogP) is 5.02. The number of hydrogen-bond donors (Lipinski definition) is 0. The first-order chi connectivity index (χ1) is 13.3. The minimum atomic E-state index is -0.254. The van der Waals surface area contributed by atoms with Crippen LogP contribution in [-0.4, -0.2) is 15.9 Å². The van der Waals surface area contributed by atoms with Gasteiger partial charge in [0.25, 0.3) is 0 Å². The second-order valence-electron chi connectivity index (χ2n) is 6.07. The van der Waals surface area contributed by atoms with Crippen molar-refractivity contribution < 1.29 is 13.9 Å². The molecule has 0 amide bonds. The summed E-state index contributed by atoms with van der Waals surface area (Å²) < 4.78 is 12.1. The molecule has 0 aliphatic rings. The van der Waals surface area contributed by atoms with E-state index in [1.54, 1.807) is 17.5 Å². The van der Waals surface area contributed by atoms with Gasteiger partial charge in [0.05, 0.1) is 21.4 Å². The van der Waals surface area contributed by atoms with Gasteiger partial charge < -0.3 is 9.15 Å². The normalized spacial score (nSPS) is 11.0. The molecule has 0 saturated carbocycles. The van der Waals surface area contributed by atoms with Crippen molar-refractivity contribution in [1.29, 1.82) is 0 Å². The standard InChI is InChI=1S/C21H18N2O3S/c24-21(12-6-11-20-23-16-9-4-5-10-18(16)27-20)25-14-19-22-13-17(26-19)15-7-2-1-3-8-15/h1-5,7-10,13H,6,11-12,14H2. The highest BCUT2D eigenvalue weighted by atomic mass is 32.1. The molecule has 136 valence electrons. The maximum Gasteiger partial charge on any atom is 0.306 e. The summed E-state index contributed by atoms with van der Waals surface area (Å²) in [4.78, 5) is 20.7. The number of hydrogen-bond acceptors (Lipinski definition) is 6. The van der Waals surface area contributed by atoms with Crippen molar-refractivity contribution in [2.45, 2.75) is 25.9 Å². The number of benzene rings is 2. The van der Waals surface area contributed by atoms with E-state index in [0.717, 1.165) is 22.5 Å². The van der Waals surface area contributed by atoms with E-state index in [1.807, 2.05) is 48.5 Å². The summed E-state index contributed by atoms with van der Waals surface area (Å²) in [7, 11) is 0. The van der Waals surface area contributed by atoms with E-state index < -0.39 is 0 Å². The third-order valence-electron chi connectivity index (χ3n) is 4.08. The van der Waals surface area contributed by atoms with Crippen LogP contribution >= 0.6 is 11.3 Å². The van der Waals surface area contributed by atoms with Gasteiger partial charge in [-0.05, 0) is 25.0 Å². The van der Waals surface area contributed by atoms with Gasteiger partial charge in [0, 0.05) is 12.0 Å². The average molecular weight is 378 g/mol. The molecule has 0 fully saturated rings. The van der Waals surface area contributed by atoms with Gasteiger partial charge in [0.15, 0.2) is 12.4 Å². The lowest BCUT2D eigenvalue weighted by molar-refractivity contribution is -0.145. The Morgan fingerprint density at radius 3 is 2.74 bits per heavy atom. The minimum absolute atomic E-state index is 0.0484. The molecule has 6 heteroatoms. The summed E-state index contributed by atoms with van der Waals surface area (Å²) in [5, 5.41) is 1.05. The lowest BCUT2D eigenvalue weighted by atomic mass is 10.2. The van der Waals surface area contributed by atoms with Gasteiger partial charge in [0.1, 0.15) is 0 Å². The third-order valence-corrected chi connectivity index (χ3v) is 5.17. The number of carbonyl (C=O) groups is 1. The van der Waals surface area contributed by atoms with Gasteiger partial charge in [-0.25, -0.2) is 9.97 Å². The van der Waals surface area contributed by atoms with Gasteiger partial charge in [-0.1, -0.05) is 42.5 Å². The molecule has 4 rings (SSSR count). The molecule has 5 nitrogen and oxygen atoms in total. The maximum atomic E-state index is 11.9. The van der Waals surface area contributed by atoms with Crippen LogP contribution in [0.2, 0.25) is 0 Å². The number of carbonyl (C=O) groups excluding carboxylic acids is 1. The van der Waals surface area contributed by atoms with Crippen molar-refractivity contribution in [3.63, 3.8) is 0 Å². The molecular weight excluding hydrogens is 360 g/mol. The molecule has 0 atom stereocenters. The first-order valence-electron chi connectivity index (χ1n) is 8.78. The molecule has 0 radical (unpaired) electrons. The largest absolute Gasteiger partial charge is 0.456 e. The SMILES string of the molecule is O=C(CCCc1nc2ccccc2s1)OCc1ncc(-c2ccccc2)o1. The number of para-hydroxylation sites is 1. The van der Waals surface area contributed by atoms with Crippen LogP contribution in [0.1, 0.15) is 23.7 Å². The quantitative estimate of drug-likeness (QED) is 0.423. The Bertz CT molecular complexity index is 1010.